The lowest BCUT2D eigenvalue weighted by Crippen LogP contribution is -2.65. The smallest absolute Gasteiger partial charge is 0.207 e. The molecule has 1 atom stereocenters. The van der Waals surface area contributed by atoms with Gasteiger partial charge < -0.3 is 0 Å². The van der Waals surface area contributed by atoms with Gasteiger partial charge in [-0.05, 0) is 83.7 Å². The van der Waals surface area contributed by atoms with Gasteiger partial charge in [-0.3, -0.25) is 0 Å². The van der Waals surface area contributed by atoms with Gasteiger partial charge in [-0.2, -0.15) is 9.13 Å². The molecule has 3 aromatic carbocycles. The standard InChI is InChI=1S/C45H51FN2/c1-11-14-15-32-18-20-35-39-33(32)23-25-48-43(39)40-34(19-21-37(46)41(40)44(35,9)10)36(45(48,12-2)13-3)26-47-24-22-28(5)31(8)42(47)38-29(6)17-16-27(4)30(38)7/h16-25,36H,5,8,11-15,26H2,1-4,6-7,9-10H3/q+2. The number of pyridine rings is 2. The lowest BCUT2D eigenvalue weighted by Gasteiger charge is -2.44. The first-order valence-corrected chi connectivity index (χ1v) is 18.0. The molecule has 0 saturated carbocycles. The van der Waals surface area contributed by atoms with Gasteiger partial charge in [0.25, 0.3) is 0 Å². The van der Waals surface area contributed by atoms with Gasteiger partial charge in [0, 0.05) is 41.2 Å². The number of rotatable bonds is 8. The van der Waals surface area contributed by atoms with Gasteiger partial charge in [-0.1, -0.05) is 84.5 Å². The molecule has 48 heavy (non-hydrogen) atoms. The van der Waals surface area contributed by atoms with E-state index in [-0.39, 0.29) is 17.3 Å². The lowest BCUT2D eigenvalue weighted by atomic mass is 9.62. The molecule has 2 nitrogen and oxygen atoms in total. The molecule has 246 valence electrons. The van der Waals surface area contributed by atoms with Crippen LogP contribution in [0.4, 0.5) is 4.39 Å². The van der Waals surface area contributed by atoms with Crippen molar-refractivity contribution in [2.45, 2.75) is 111 Å². The van der Waals surface area contributed by atoms with Gasteiger partial charge in [-0.15, -0.1) is 0 Å². The number of benzene rings is 3. The highest BCUT2D eigenvalue weighted by Crippen LogP contribution is 2.56. The molecular formula is C45H51FN2+2. The van der Waals surface area contributed by atoms with Crippen LogP contribution in [0.2, 0.25) is 0 Å². The fourth-order valence-electron chi connectivity index (χ4n) is 9.51. The van der Waals surface area contributed by atoms with E-state index in [0.29, 0.717) is 0 Å². The predicted octanol–water partition coefficient (Wildman–Crippen LogP) is 8.93. The molecule has 5 aromatic rings. The lowest BCUT2D eigenvalue weighted by molar-refractivity contribution is -0.777. The van der Waals surface area contributed by atoms with Crippen molar-refractivity contribution < 1.29 is 13.5 Å². The van der Waals surface area contributed by atoms with Crippen LogP contribution in [0, 0.1) is 26.6 Å². The van der Waals surface area contributed by atoms with Crippen molar-refractivity contribution in [3.8, 4) is 22.5 Å². The van der Waals surface area contributed by atoms with Crippen LogP contribution in [0.1, 0.15) is 105 Å². The molecule has 7 rings (SSSR count). The van der Waals surface area contributed by atoms with Crippen molar-refractivity contribution in [3.05, 3.63) is 116 Å². The Bertz CT molecular complexity index is 2240. The van der Waals surface area contributed by atoms with Gasteiger partial charge in [-0.25, -0.2) is 4.39 Å². The van der Waals surface area contributed by atoms with E-state index in [1.807, 2.05) is 0 Å². The highest BCUT2D eigenvalue weighted by molar-refractivity contribution is 6.02. The summed E-state index contributed by atoms with van der Waals surface area (Å²) in [7, 11) is 0. The fourth-order valence-corrected chi connectivity index (χ4v) is 9.51. The predicted molar refractivity (Wildman–Crippen MR) is 198 cm³/mol. The van der Waals surface area contributed by atoms with Gasteiger partial charge in [0.15, 0.2) is 24.5 Å². The van der Waals surface area contributed by atoms with E-state index in [9.17, 15) is 0 Å². The second kappa shape index (κ2) is 11.5. The summed E-state index contributed by atoms with van der Waals surface area (Å²) >= 11 is 0. The Kier molecular flexibility index (Phi) is 7.77. The van der Waals surface area contributed by atoms with Crippen LogP contribution in [-0.2, 0) is 23.9 Å². The molecule has 1 aliphatic carbocycles. The summed E-state index contributed by atoms with van der Waals surface area (Å²) in [5.41, 5.74) is 12.5. The number of aryl methyl sites for hydroxylation is 3. The molecular weight excluding hydrogens is 588 g/mol. The zero-order valence-electron chi connectivity index (χ0n) is 30.3. The van der Waals surface area contributed by atoms with E-state index in [1.165, 1.54) is 55.4 Å². The molecule has 2 aliphatic rings. The van der Waals surface area contributed by atoms with Crippen LogP contribution >= 0.6 is 0 Å². The van der Waals surface area contributed by atoms with Crippen LogP contribution in [0.3, 0.4) is 0 Å². The molecule has 0 fully saturated rings. The highest BCUT2D eigenvalue weighted by Gasteiger charge is 2.57. The Morgan fingerprint density at radius 1 is 0.812 bits per heavy atom. The summed E-state index contributed by atoms with van der Waals surface area (Å²) in [5.74, 6) is -0.00951. The number of aromatic nitrogens is 2. The summed E-state index contributed by atoms with van der Waals surface area (Å²) in [6.07, 6.45) is 9.85. The first-order chi connectivity index (χ1) is 22.9. The zero-order chi connectivity index (χ0) is 34.3. The van der Waals surface area contributed by atoms with Gasteiger partial charge >= 0.3 is 0 Å². The van der Waals surface area contributed by atoms with Crippen molar-refractivity contribution in [1.82, 2.24) is 0 Å². The molecule has 0 spiro atoms. The third-order valence-corrected chi connectivity index (χ3v) is 12.4. The first kappa shape index (κ1) is 32.4. The first-order valence-electron chi connectivity index (χ1n) is 18.0. The summed E-state index contributed by atoms with van der Waals surface area (Å²) < 4.78 is 21.4. The highest BCUT2D eigenvalue weighted by atomic mass is 19.1. The van der Waals surface area contributed by atoms with E-state index in [0.717, 1.165) is 65.9 Å². The number of halogens is 1. The minimum Gasteiger partial charge on any atom is -0.207 e. The zero-order valence-corrected chi connectivity index (χ0v) is 30.3. The van der Waals surface area contributed by atoms with Crippen molar-refractivity contribution in [1.29, 1.82) is 0 Å². The quantitative estimate of drug-likeness (QED) is 0.150. The number of unbranched alkanes of at least 4 members (excludes halogenated alkanes) is 1. The van der Waals surface area contributed by atoms with Crippen LogP contribution < -0.4 is 19.6 Å². The largest absolute Gasteiger partial charge is 0.221 e. The number of hydrogen-bond acceptors (Lipinski definition) is 0. The Labute approximate surface area is 286 Å². The van der Waals surface area contributed by atoms with Crippen molar-refractivity contribution >= 4 is 23.9 Å². The fraction of sp³-hybridized carbons (Fsp3) is 0.378. The van der Waals surface area contributed by atoms with Crippen LogP contribution in [0.25, 0.3) is 46.4 Å². The monoisotopic (exact) mass is 638 g/mol. The molecule has 1 unspecified atom stereocenters. The summed E-state index contributed by atoms with van der Waals surface area (Å²) in [4.78, 5) is 0. The Hall–Kier alpha value is -4.11. The second-order valence-electron chi connectivity index (χ2n) is 15.1. The van der Waals surface area contributed by atoms with E-state index >= 15 is 4.39 Å². The summed E-state index contributed by atoms with van der Waals surface area (Å²) in [6, 6.07) is 17.4. The van der Waals surface area contributed by atoms with E-state index < -0.39 is 5.41 Å². The second-order valence-corrected chi connectivity index (χ2v) is 15.1. The van der Waals surface area contributed by atoms with Crippen LogP contribution in [0.15, 0.2) is 60.9 Å². The SMILES string of the molecule is C=c1cc[n+](CC2c3ccc(F)c4c3-c3c5c(ccc(CCCC)c5cc[n+]3C2(CC)CC)C4(C)C)c(-c2c(C)ccc(C)c2C)c1=C. The van der Waals surface area contributed by atoms with Crippen LogP contribution in [0.5, 0.6) is 0 Å². The molecule has 1 aliphatic heterocycles. The van der Waals surface area contributed by atoms with Gasteiger partial charge in [0.05, 0.1) is 16.5 Å². The van der Waals surface area contributed by atoms with E-state index in [1.54, 1.807) is 6.07 Å². The Morgan fingerprint density at radius 3 is 2.25 bits per heavy atom. The van der Waals surface area contributed by atoms with Crippen molar-refractivity contribution in [3.63, 3.8) is 0 Å². The number of nitrogens with zero attached hydrogens (tertiary/aromatic N) is 2. The van der Waals surface area contributed by atoms with E-state index in [4.69, 9.17) is 0 Å². The molecule has 3 heteroatoms. The molecule has 0 saturated heterocycles. The van der Waals surface area contributed by atoms with Crippen molar-refractivity contribution in [2.24, 2.45) is 0 Å². The Balaban J connectivity index is 1.56. The Morgan fingerprint density at radius 2 is 1.54 bits per heavy atom. The van der Waals surface area contributed by atoms with Gasteiger partial charge in [0.1, 0.15) is 11.7 Å². The number of hydrogen-bond donors (Lipinski definition) is 0. The molecule has 0 bridgehead atoms. The maximum Gasteiger partial charge on any atom is 0.221 e. The minimum absolute atomic E-state index is 0.0988. The average Bonchev–Trinajstić information content (AvgIpc) is 3.07. The molecule has 0 radical (unpaired) electrons. The van der Waals surface area contributed by atoms with Crippen molar-refractivity contribution in [2.75, 3.05) is 0 Å². The van der Waals surface area contributed by atoms with Gasteiger partial charge in [0.2, 0.25) is 11.4 Å². The maximum atomic E-state index is 16.4. The molecule has 0 amide bonds. The van der Waals surface area contributed by atoms with E-state index in [2.05, 4.69) is 133 Å². The average molecular weight is 639 g/mol. The normalized spacial score (nSPS) is 16.8. The third kappa shape index (κ3) is 4.35. The molecule has 3 heterocycles. The molecule has 0 N–H and O–H groups in total. The minimum atomic E-state index is -0.476. The molecule has 2 aromatic heterocycles. The maximum absolute atomic E-state index is 16.4. The third-order valence-electron chi connectivity index (χ3n) is 12.4. The summed E-state index contributed by atoms with van der Waals surface area (Å²) in [6.45, 7) is 27.7. The topological polar surface area (TPSA) is 7.76 Å². The summed E-state index contributed by atoms with van der Waals surface area (Å²) in [5, 5.41) is 4.56. The van der Waals surface area contributed by atoms with Crippen LogP contribution in [-0.4, -0.2) is 0 Å².